The lowest BCUT2D eigenvalue weighted by Crippen LogP contribution is -2.29. The Morgan fingerprint density at radius 2 is 1.75 bits per heavy atom. The normalized spacial score (nSPS) is 11.0. The molecule has 0 rings (SSSR count). The molecule has 12 heavy (non-hydrogen) atoms. The lowest BCUT2D eigenvalue weighted by Gasteiger charge is -2.15. The average molecular weight is 172 g/mol. The number of hydrogen-bond donors (Lipinski definition) is 1. The highest BCUT2D eigenvalue weighted by atomic mass is 15.2. The molecule has 0 bridgehead atoms. The van der Waals surface area contributed by atoms with Crippen molar-refractivity contribution >= 4 is 0 Å². The van der Waals surface area contributed by atoms with Crippen LogP contribution in [-0.4, -0.2) is 32.2 Å². The van der Waals surface area contributed by atoms with Crippen LogP contribution in [0.15, 0.2) is 0 Å². The SMILES string of the molecule is CCCCCCCN(C)CNC. The first-order valence-electron chi connectivity index (χ1n) is 5.14. The van der Waals surface area contributed by atoms with Crippen LogP contribution in [0.2, 0.25) is 0 Å². The number of unbranched alkanes of at least 4 members (excludes halogenated alkanes) is 4. The van der Waals surface area contributed by atoms with Gasteiger partial charge in [-0.2, -0.15) is 0 Å². The summed E-state index contributed by atoms with van der Waals surface area (Å²) in [6.45, 7) is 4.49. The predicted octanol–water partition coefficient (Wildman–Crippen LogP) is 2.07. The summed E-state index contributed by atoms with van der Waals surface area (Å²) in [6.07, 6.45) is 6.88. The highest BCUT2D eigenvalue weighted by Gasteiger charge is 1.94. The molecule has 0 radical (unpaired) electrons. The Morgan fingerprint density at radius 3 is 2.33 bits per heavy atom. The second-order valence-electron chi connectivity index (χ2n) is 3.51. The van der Waals surface area contributed by atoms with Gasteiger partial charge in [-0.25, -0.2) is 0 Å². The molecule has 0 heterocycles. The van der Waals surface area contributed by atoms with Gasteiger partial charge in [-0.15, -0.1) is 0 Å². The third kappa shape index (κ3) is 8.02. The minimum absolute atomic E-state index is 1.01. The van der Waals surface area contributed by atoms with E-state index >= 15 is 0 Å². The summed E-state index contributed by atoms with van der Waals surface area (Å²) in [7, 11) is 4.16. The summed E-state index contributed by atoms with van der Waals surface area (Å²) < 4.78 is 0. The van der Waals surface area contributed by atoms with E-state index in [0.717, 1.165) is 6.67 Å². The Morgan fingerprint density at radius 1 is 1.08 bits per heavy atom. The zero-order valence-corrected chi connectivity index (χ0v) is 8.90. The van der Waals surface area contributed by atoms with Crippen molar-refractivity contribution in [1.29, 1.82) is 0 Å². The Bertz CT molecular complexity index is 83.9. The van der Waals surface area contributed by atoms with Gasteiger partial charge in [0.15, 0.2) is 0 Å². The topological polar surface area (TPSA) is 15.3 Å². The van der Waals surface area contributed by atoms with Crippen LogP contribution in [0.1, 0.15) is 39.0 Å². The Hall–Kier alpha value is -0.0800. The molecule has 2 nitrogen and oxygen atoms in total. The molecule has 0 unspecified atom stereocenters. The van der Waals surface area contributed by atoms with Gasteiger partial charge in [-0.3, -0.25) is 4.90 Å². The van der Waals surface area contributed by atoms with Gasteiger partial charge in [0.05, 0.1) is 0 Å². The molecule has 0 saturated carbocycles. The van der Waals surface area contributed by atoms with Gasteiger partial charge < -0.3 is 5.32 Å². The van der Waals surface area contributed by atoms with Crippen molar-refractivity contribution in [2.24, 2.45) is 0 Å². The maximum atomic E-state index is 3.15. The van der Waals surface area contributed by atoms with E-state index in [9.17, 15) is 0 Å². The summed E-state index contributed by atoms with van der Waals surface area (Å²) in [4.78, 5) is 2.33. The second kappa shape index (κ2) is 9.01. The summed E-state index contributed by atoms with van der Waals surface area (Å²) >= 11 is 0. The lowest BCUT2D eigenvalue weighted by atomic mass is 10.1. The molecule has 2 heteroatoms. The van der Waals surface area contributed by atoms with Crippen LogP contribution in [0.25, 0.3) is 0 Å². The van der Waals surface area contributed by atoms with Gasteiger partial charge in [-0.1, -0.05) is 32.6 Å². The van der Waals surface area contributed by atoms with Crippen LogP contribution < -0.4 is 5.32 Å². The van der Waals surface area contributed by atoms with Crippen molar-refractivity contribution in [1.82, 2.24) is 10.2 Å². The molecule has 0 aromatic heterocycles. The molecule has 0 spiro atoms. The quantitative estimate of drug-likeness (QED) is 0.445. The smallest absolute Gasteiger partial charge is 0.0475 e. The van der Waals surface area contributed by atoms with E-state index in [1.54, 1.807) is 0 Å². The lowest BCUT2D eigenvalue weighted by molar-refractivity contribution is 0.308. The van der Waals surface area contributed by atoms with Crippen molar-refractivity contribution in [3.05, 3.63) is 0 Å². The first kappa shape index (κ1) is 11.9. The molecule has 0 aliphatic rings. The molecule has 0 aliphatic carbocycles. The van der Waals surface area contributed by atoms with Gasteiger partial charge in [0.1, 0.15) is 0 Å². The fraction of sp³-hybridized carbons (Fsp3) is 1.00. The zero-order valence-electron chi connectivity index (χ0n) is 8.90. The highest BCUT2D eigenvalue weighted by molar-refractivity contribution is 4.49. The van der Waals surface area contributed by atoms with E-state index < -0.39 is 0 Å². The van der Waals surface area contributed by atoms with Crippen LogP contribution >= 0.6 is 0 Å². The number of hydrogen-bond acceptors (Lipinski definition) is 2. The van der Waals surface area contributed by atoms with Gasteiger partial charge >= 0.3 is 0 Å². The third-order valence-electron chi connectivity index (χ3n) is 2.07. The van der Waals surface area contributed by atoms with E-state index in [4.69, 9.17) is 0 Å². The molecule has 0 amide bonds. The largest absolute Gasteiger partial charge is 0.307 e. The monoisotopic (exact) mass is 172 g/mol. The maximum Gasteiger partial charge on any atom is 0.0475 e. The molecule has 0 atom stereocenters. The Labute approximate surface area is 77.3 Å². The first-order chi connectivity index (χ1) is 5.81. The highest BCUT2D eigenvalue weighted by Crippen LogP contribution is 2.02. The van der Waals surface area contributed by atoms with Crippen molar-refractivity contribution in [3.63, 3.8) is 0 Å². The summed E-state index contributed by atoms with van der Waals surface area (Å²) in [5.74, 6) is 0. The fourth-order valence-electron chi connectivity index (χ4n) is 1.33. The van der Waals surface area contributed by atoms with Crippen molar-refractivity contribution < 1.29 is 0 Å². The minimum atomic E-state index is 1.01. The summed E-state index contributed by atoms with van der Waals surface area (Å²) in [5, 5.41) is 3.15. The van der Waals surface area contributed by atoms with Crippen molar-refractivity contribution in [3.8, 4) is 0 Å². The van der Waals surface area contributed by atoms with Gasteiger partial charge in [0.2, 0.25) is 0 Å². The van der Waals surface area contributed by atoms with E-state index in [2.05, 4.69) is 24.2 Å². The molecule has 1 N–H and O–H groups in total. The molecule has 0 aromatic carbocycles. The van der Waals surface area contributed by atoms with E-state index in [1.807, 2.05) is 7.05 Å². The first-order valence-corrected chi connectivity index (χ1v) is 5.14. The molecule has 0 aromatic rings. The molecular weight excluding hydrogens is 148 g/mol. The van der Waals surface area contributed by atoms with E-state index in [1.165, 1.54) is 38.6 Å². The van der Waals surface area contributed by atoms with Gasteiger partial charge in [-0.05, 0) is 27.1 Å². The predicted molar refractivity (Wildman–Crippen MR) is 55.3 cm³/mol. The van der Waals surface area contributed by atoms with Crippen LogP contribution in [-0.2, 0) is 0 Å². The van der Waals surface area contributed by atoms with Crippen LogP contribution in [0.3, 0.4) is 0 Å². The number of nitrogens with one attached hydrogen (secondary N) is 1. The van der Waals surface area contributed by atoms with Crippen LogP contribution in [0, 0.1) is 0 Å². The summed E-state index contributed by atoms with van der Waals surface area (Å²) in [6, 6.07) is 0. The van der Waals surface area contributed by atoms with Crippen molar-refractivity contribution in [2.45, 2.75) is 39.0 Å². The maximum absolute atomic E-state index is 3.15. The zero-order chi connectivity index (χ0) is 9.23. The van der Waals surface area contributed by atoms with Crippen LogP contribution in [0.5, 0.6) is 0 Å². The van der Waals surface area contributed by atoms with Gasteiger partial charge in [0, 0.05) is 6.67 Å². The van der Waals surface area contributed by atoms with E-state index in [0.29, 0.717) is 0 Å². The average Bonchev–Trinajstić information content (AvgIpc) is 2.05. The summed E-state index contributed by atoms with van der Waals surface area (Å²) in [5.41, 5.74) is 0. The Kier molecular flexibility index (Phi) is 8.95. The molecule has 74 valence electrons. The second-order valence-corrected chi connectivity index (χ2v) is 3.51. The molecular formula is C10H24N2. The Balaban J connectivity index is 2.97. The number of nitrogens with zero attached hydrogens (tertiary/aromatic N) is 1. The standard InChI is InChI=1S/C10H24N2/c1-4-5-6-7-8-9-12(3)10-11-2/h11H,4-10H2,1-3H3. The van der Waals surface area contributed by atoms with Crippen molar-refractivity contribution in [2.75, 3.05) is 27.3 Å². The fourth-order valence-corrected chi connectivity index (χ4v) is 1.33. The van der Waals surface area contributed by atoms with E-state index in [-0.39, 0.29) is 0 Å². The van der Waals surface area contributed by atoms with Gasteiger partial charge in [0.25, 0.3) is 0 Å². The minimum Gasteiger partial charge on any atom is -0.307 e. The molecule has 0 saturated heterocycles. The number of rotatable bonds is 8. The molecule has 0 aliphatic heterocycles. The molecule has 0 fully saturated rings. The third-order valence-corrected chi connectivity index (χ3v) is 2.07. The van der Waals surface area contributed by atoms with Crippen LogP contribution in [0.4, 0.5) is 0 Å².